The molecule has 364 valence electrons. The van der Waals surface area contributed by atoms with Gasteiger partial charge in [0, 0.05) is 46.1 Å². The Bertz CT molecular complexity index is 4550. The van der Waals surface area contributed by atoms with E-state index in [1.807, 2.05) is 0 Å². The summed E-state index contributed by atoms with van der Waals surface area (Å²) in [5.41, 5.74) is 28.9. The van der Waals surface area contributed by atoms with Gasteiger partial charge in [0.05, 0.1) is 27.7 Å². The van der Waals surface area contributed by atoms with Crippen LogP contribution >= 0.6 is 0 Å². The van der Waals surface area contributed by atoms with Gasteiger partial charge in [0.2, 0.25) is 0 Å². The van der Waals surface area contributed by atoms with Gasteiger partial charge in [-0.25, -0.2) is 0 Å². The Morgan fingerprint density at radius 3 is 1.17 bits per heavy atom. The van der Waals surface area contributed by atoms with Crippen molar-refractivity contribution in [1.29, 1.82) is 0 Å². The van der Waals surface area contributed by atoms with Crippen molar-refractivity contribution in [3.63, 3.8) is 0 Å². The van der Waals surface area contributed by atoms with Gasteiger partial charge < -0.3 is 14.4 Å². The van der Waals surface area contributed by atoms with E-state index in [-0.39, 0.29) is 0 Å². The normalized spacial score (nSPS) is 13.9. The molecule has 3 nitrogen and oxygen atoms in total. The molecule has 0 bridgehead atoms. The van der Waals surface area contributed by atoms with Crippen molar-refractivity contribution < 1.29 is 0 Å². The van der Waals surface area contributed by atoms with Crippen molar-refractivity contribution in [2.75, 3.05) is 9.80 Å². The van der Waals surface area contributed by atoms with Gasteiger partial charge in [-0.15, -0.1) is 0 Å². The molecule has 17 rings (SSSR count). The molecule has 0 aliphatic heterocycles. The van der Waals surface area contributed by atoms with Gasteiger partial charge >= 0.3 is 0 Å². The van der Waals surface area contributed by atoms with E-state index < -0.39 is 10.8 Å². The molecule has 0 N–H and O–H groups in total. The molecule has 0 saturated heterocycles. The lowest BCUT2D eigenvalue weighted by atomic mass is 9.70. The molecular formula is C75H49N3. The highest BCUT2D eigenvalue weighted by molar-refractivity contribution is 6.17. The summed E-state index contributed by atoms with van der Waals surface area (Å²) in [5, 5.41) is 2.41. The van der Waals surface area contributed by atoms with Crippen LogP contribution in [0.1, 0.15) is 44.5 Å². The second-order valence-electron chi connectivity index (χ2n) is 21.5. The lowest BCUT2D eigenvalue weighted by molar-refractivity contribution is 0.793. The Balaban J connectivity index is 0.927. The average Bonchev–Trinajstić information content (AvgIpc) is 4.05. The Kier molecular flexibility index (Phi) is 8.90. The number of aryl methyl sites for hydroxylation is 1. The molecule has 1 heterocycles. The summed E-state index contributed by atoms with van der Waals surface area (Å²) in [7, 11) is 2.23. The highest BCUT2D eigenvalue weighted by atomic mass is 15.2. The molecule has 4 aliphatic carbocycles. The van der Waals surface area contributed by atoms with Crippen molar-refractivity contribution in [2.45, 2.75) is 10.8 Å². The van der Waals surface area contributed by atoms with E-state index in [4.69, 9.17) is 0 Å². The van der Waals surface area contributed by atoms with Crippen molar-refractivity contribution >= 4 is 55.9 Å². The first kappa shape index (κ1) is 43.3. The third kappa shape index (κ3) is 5.52. The molecule has 0 saturated carbocycles. The van der Waals surface area contributed by atoms with E-state index in [1.54, 1.807) is 0 Å². The van der Waals surface area contributed by atoms with Gasteiger partial charge in [-0.05, 0) is 156 Å². The summed E-state index contributed by atoms with van der Waals surface area (Å²) >= 11 is 0. The molecule has 3 heteroatoms. The molecule has 12 aromatic carbocycles. The second kappa shape index (κ2) is 16.0. The van der Waals surface area contributed by atoms with Crippen LogP contribution in [0.5, 0.6) is 0 Å². The number of fused-ring (bicyclic) bond motifs is 23. The van der Waals surface area contributed by atoms with Crippen LogP contribution in [0.4, 0.5) is 34.1 Å². The first-order valence-electron chi connectivity index (χ1n) is 27.2. The molecule has 0 amide bonds. The lowest BCUT2D eigenvalue weighted by Gasteiger charge is -2.33. The van der Waals surface area contributed by atoms with Crippen molar-refractivity contribution in [1.82, 2.24) is 4.57 Å². The van der Waals surface area contributed by atoms with E-state index in [0.717, 1.165) is 39.6 Å². The molecule has 0 atom stereocenters. The summed E-state index contributed by atoms with van der Waals surface area (Å²) < 4.78 is 2.39. The number of para-hydroxylation sites is 3. The monoisotopic (exact) mass is 991 g/mol. The van der Waals surface area contributed by atoms with E-state index in [9.17, 15) is 0 Å². The SMILES string of the molecule is Cn1c2ccccc2c2c(N(c3ccccc3)c3ccc4c(c3)-c3ccccc3C43c4ccccc4-c4ccccc43)cc(N(c3ccccc3)c3ccc4c(c3)C3(c5ccccc5-c5ccccc53)c3ccccc3-4)cc21. The fraction of sp³-hybridized carbons (Fsp3) is 0.0400. The maximum absolute atomic E-state index is 2.52. The number of nitrogens with zero attached hydrogens (tertiary/aromatic N) is 3. The predicted octanol–water partition coefficient (Wildman–Crippen LogP) is 19.0. The van der Waals surface area contributed by atoms with Gasteiger partial charge in [0.25, 0.3) is 0 Å². The molecule has 2 spiro atoms. The van der Waals surface area contributed by atoms with Crippen molar-refractivity contribution in [3.05, 3.63) is 324 Å². The Hall–Kier alpha value is -9.96. The van der Waals surface area contributed by atoms with Gasteiger partial charge in [-0.1, -0.05) is 212 Å². The van der Waals surface area contributed by atoms with Crippen LogP contribution in [0.2, 0.25) is 0 Å². The smallest absolute Gasteiger partial charge is 0.0726 e. The van der Waals surface area contributed by atoms with Crippen molar-refractivity contribution in [2.24, 2.45) is 7.05 Å². The second-order valence-corrected chi connectivity index (χ2v) is 21.5. The van der Waals surface area contributed by atoms with Crippen LogP contribution in [0.25, 0.3) is 66.3 Å². The van der Waals surface area contributed by atoms with Crippen molar-refractivity contribution in [3.8, 4) is 44.5 Å². The highest BCUT2D eigenvalue weighted by Gasteiger charge is 2.53. The molecule has 78 heavy (non-hydrogen) atoms. The Labute approximate surface area is 453 Å². The third-order valence-electron chi connectivity index (χ3n) is 18.0. The van der Waals surface area contributed by atoms with Gasteiger partial charge in [-0.3, -0.25) is 0 Å². The molecule has 4 aliphatic rings. The minimum Gasteiger partial charge on any atom is -0.343 e. The van der Waals surface area contributed by atoms with E-state index >= 15 is 0 Å². The number of benzene rings is 12. The fourth-order valence-electron chi connectivity index (χ4n) is 15.0. The predicted molar refractivity (Wildman–Crippen MR) is 322 cm³/mol. The van der Waals surface area contributed by atoms with Gasteiger partial charge in [-0.2, -0.15) is 0 Å². The van der Waals surface area contributed by atoms with E-state index in [0.29, 0.717) is 0 Å². The zero-order chi connectivity index (χ0) is 51.3. The largest absolute Gasteiger partial charge is 0.343 e. The van der Waals surface area contributed by atoms with Crippen LogP contribution in [0.3, 0.4) is 0 Å². The quantitative estimate of drug-likeness (QED) is 0.164. The Morgan fingerprint density at radius 1 is 0.256 bits per heavy atom. The van der Waals surface area contributed by atoms with Crippen LogP contribution in [-0.4, -0.2) is 4.57 Å². The summed E-state index contributed by atoms with van der Waals surface area (Å²) in [4.78, 5) is 5.01. The zero-order valence-corrected chi connectivity index (χ0v) is 42.9. The fourth-order valence-corrected chi connectivity index (χ4v) is 15.0. The van der Waals surface area contributed by atoms with E-state index in [2.05, 4.69) is 300 Å². The number of anilines is 6. The number of aromatic nitrogens is 1. The maximum atomic E-state index is 2.52. The number of hydrogen-bond donors (Lipinski definition) is 0. The summed E-state index contributed by atoms with van der Waals surface area (Å²) in [5.74, 6) is 0. The molecule has 1 aromatic heterocycles. The minimum atomic E-state index is -0.486. The molecule has 13 aromatic rings. The summed E-state index contributed by atoms with van der Waals surface area (Å²) in [6.45, 7) is 0. The maximum Gasteiger partial charge on any atom is 0.0726 e. The molecule has 0 unspecified atom stereocenters. The highest BCUT2D eigenvalue weighted by Crippen LogP contribution is 2.65. The molecule has 0 fully saturated rings. The average molecular weight is 992 g/mol. The Morgan fingerprint density at radius 2 is 0.641 bits per heavy atom. The minimum absolute atomic E-state index is 0.438. The summed E-state index contributed by atoms with van der Waals surface area (Å²) in [6.07, 6.45) is 0. The first-order chi connectivity index (χ1) is 38.6. The number of hydrogen-bond acceptors (Lipinski definition) is 2. The van der Waals surface area contributed by atoms with Crippen LogP contribution in [0, 0.1) is 0 Å². The first-order valence-corrected chi connectivity index (χ1v) is 27.2. The van der Waals surface area contributed by atoms with Crippen LogP contribution in [-0.2, 0) is 17.9 Å². The van der Waals surface area contributed by atoms with Crippen LogP contribution < -0.4 is 9.80 Å². The summed E-state index contributed by atoms with van der Waals surface area (Å²) in [6, 6.07) is 105. The molecule has 0 radical (unpaired) electrons. The van der Waals surface area contributed by atoms with Gasteiger partial charge in [0.1, 0.15) is 0 Å². The van der Waals surface area contributed by atoms with Gasteiger partial charge in [0.15, 0.2) is 0 Å². The standard InChI is InChI=1S/C75H49N3/c1-76-70-39-21-14-32-60(70)73-71(76)46-52(77(48-22-4-2-5-23-48)51-40-42-59-57-30-12-19-37-66(57)75(69(59)45-51)64-35-17-10-28-55(64)56-29-11-18-36-65(56)75)47-72(73)78(49-24-6-3-7-25-49)50-41-43-68-61(44-50)58-31-13-20-38-67(58)74(68)62-33-15-8-26-53(62)54-27-9-16-34-63(54)74/h2-47H,1H3. The lowest BCUT2D eigenvalue weighted by Crippen LogP contribution is -2.26. The molecular weight excluding hydrogens is 943 g/mol. The topological polar surface area (TPSA) is 11.4 Å². The zero-order valence-electron chi connectivity index (χ0n) is 42.9. The third-order valence-corrected chi connectivity index (χ3v) is 18.0. The van der Waals surface area contributed by atoms with Crippen LogP contribution in [0.15, 0.2) is 279 Å². The van der Waals surface area contributed by atoms with E-state index in [1.165, 1.54) is 105 Å². The number of rotatable bonds is 6.